The van der Waals surface area contributed by atoms with E-state index in [0.29, 0.717) is 16.5 Å². The average molecular weight is 571 g/mol. The van der Waals surface area contributed by atoms with Crippen LogP contribution in [0, 0.1) is 13.8 Å². The van der Waals surface area contributed by atoms with Crippen LogP contribution in [0.4, 0.5) is 18.9 Å². The second-order valence-electron chi connectivity index (χ2n) is 8.65. The molecule has 1 saturated heterocycles. The Hall–Kier alpha value is -3.17. The zero-order chi connectivity index (χ0) is 25.6. The minimum absolute atomic E-state index is 0.101. The van der Waals surface area contributed by atoms with E-state index in [1.165, 1.54) is 12.1 Å². The van der Waals surface area contributed by atoms with Crippen molar-refractivity contribution in [3.05, 3.63) is 112 Å². The van der Waals surface area contributed by atoms with E-state index < -0.39 is 11.7 Å². The average Bonchev–Trinajstić information content (AvgIpc) is 3.34. The number of aromatic nitrogens is 2. The fourth-order valence-corrected chi connectivity index (χ4v) is 5.53. The maximum absolute atomic E-state index is 13.9. The lowest BCUT2D eigenvalue weighted by Crippen LogP contribution is -2.29. The van der Waals surface area contributed by atoms with Crippen molar-refractivity contribution < 1.29 is 13.2 Å². The number of para-hydroxylation sites is 1. The summed E-state index contributed by atoms with van der Waals surface area (Å²) < 4.78 is 44.3. The number of hydrogen-bond donors (Lipinski definition) is 1. The van der Waals surface area contributed by atoms with Crippen LogP contribution in [0.2, 0.25) is 0 Å². The molecule has 0 aliphatic carbocycles. The second-order valence-corrected chi connectivity index (χ2v) is 9.95. The molecule has 1 fully saturated rings. The number of nitrogens with zero attached hydrogens (tertiary/aromatic N) is 3. The Morgan fingerprint density at radius 3 is 2.33 bits per heavy atom. The van der Waals surface area contributed by atoms with Crippen LogP contribution in [-0.4, -0.2) is 14.7 Å². The molecule has 0 amide bonds. The van der Waals surface area contributed by atoms with Crippen molar-refractivity contribution in [2.75, 3.05) is 4.90 Å². The molecule has 1 aliphatic heterocycles. The summed E-state index contributed by atoms with van der Waals surface area (Å²) in [6.45, 7) is 3.68. The van der Waals surface area contributed by atoms with Crippen molar-refractivity contribution in [3.63, 3.8) is 0 Å². The monoisotopic (exact) mass is 570 g/mol. The van der Waals surface area contributed by atoms with Gasteiger partial charge in [0.2, 0.25) is 0 Å². The van der Waals surface area contributed by atoms with Gasteiger partial charge in [-0.05, 0) is 86.2 Å². The minimum atomic E-state index is -4.48. The van der Waals surface area contributed by atoms with Crippen molar-refractivity contribution in [2.24, 2.45) is 0 Å². The van der Waals surface area contributed by atoms with Gasteiger partial charge in [-0.3, -0.25) is 4.98 Å². The van der Waals surface area contributed by atoms with Crippen LogP contribution >= 0.6 is 28.1 Å². The first kappa shape index (κ1) is 24.5. The van der Waals surface area contributed by atoms with Crippen molar-refractivity contribution in [2.45, 2.75) is 32.1 Å². The first-order chi connectivity index (χ1) is 17.2. The van der Waals surface area contributed by atoms with Gasteiger partial charge in [-0.2, -0.15) is 13.2 Å². The van der Waals surface area contributed by atoms with Crippen LogP contribution in [0.5, 0.6) is 0 Å². The summed E-state index contributed by atoms with van der Waals surface area (Å²) in [5.41, 5.74) is 3.38. The molecule has 2 aromatic heterocycles. The van der Waals surface area contributed by atoms with Crippen LogP contribution in [0.3, 0.4) is 0 Å². The fourth-order valence-electron chi connectivity index (χ4n) is 4.92. The highest BCUT2D eigenvalue weighted by Crippen LogP contribution is 2.44. The third kappa shape index (κ3) is 4.30. The van der Waals surface area contributed by atoms with E-state index >= 15 is 0 Å². The molecule has 184 valence electrons. The van der Waals surface area contributed by atoms with E-state index in [4.69, 9.17) is 12.2 Å². The van der Waals surface area contributed by atoms with Crippen molar-refractivity contribution in [1.82, 2.24) is 14.9 Å². The van der Waals surface area contributed by atoms with Crippen molar-refractivity contribution in [3.8, 4) is 5.69 Å². The number of alkyl halides is 3. The van der Waals surface area contributed by atoms with Gasteiger partial charge in [0.1, 0.15) is 0 Å². The summed E-state index contributed by atoms with van der Waals surface area (Å²) in [6.07, 6.45) is -2.75. The van der Waals surface area contributed by atoms with E-state index in [9.17, 15) is 13.2 Å². The van der Waals surface area contributed by atoms with Gasteiger partial charge in [0.05, 0.1) is 29.0 Å². The lowest BCUT2D eigenvalue weighted by molar-refractivity contribution is -0.137. The molecule has 0 bridgehead atoms. The quantitative estimate of drug-likeness (QED) is 0.258. The number of pyridine rings is 1. The molecular formula is C27H22BrF3N4S. The molecule has 4 aromatic rings. The number of benzene rings is 2. The molecule has 3 heterocycles. The lowest BCUT2D eigenvalue weighted by Gasteiger charge is -2.28. The van der Waals surface area contributed by atoms with Crippen molar-refractivity contribution >= 4 is 38.9 Å². The number of anilines is 1. The van der Waals surface area contributed by atoms with Gasteiger partial charge in [-0.25, -0.2) is 0 Å². The SMILES string of the molecule is Cc1cc([C@@H]2[C@@H](c3ccccn3)NC(=S)N2c2ccc(Br)cc2)c(C)n1-c1ccccc1C(F)(F)F. The third-order valence-corrected chi connectivity index (χ3v) is 7.29. The van der Waals surface area contributed by atoms with E-state index in [1.807, 2.05) is 67.3 Å². The largest absolute Gasteiger partial charge is 0.418 e. The number of rotatable bonds is 4. The number of nitrogens with one attached hydrogen (secondary N) is 1. The third-order valence-electron chi connectivity index (χ3n) is 6.44. The Kier molecular flexibility index (Phi) is 6.38. The van der Waals surface area contributed by atoms with Crippen LogP contribution < -0.4 is 10.2 Å². The molecule has 2 aromatic carbocycles. The number of aryl methyl sites for hydroxylation is 1. The molecular weight excluding hydrogens is 549 g/mol. The van der Waals surface area contributed by atoms with Crippen molar-refractivity contribution in [1.29, 1.82) is 0 Å². The summed E-state index contributed by atoms with van der Waals surface area (Å²) in [4.78, 5) is 6.58. The summed E-state index contributed by atoms with van der Waals surface area (Å²) in [7, 11) is 0. The smallest absolute Gasteiger partial charge is 0.351 e. The molecule has 1 N–H and O–H groups in total. The Labute approximate surface area is 220 Å². The Balaban J connectivity index is 1.70. The van der Waals surface area contributed by atoms with Gasteiger partial charge in [0.25, 0.3) is 0 Å². The molecule has 0 unspecified atom stereocenters. The highest BCUT2D eigenvalue weighted by molar-refractivity contribution is 9.10. The molecule has 1 aliphatic rings. The van der Waals surface area contributed by atoms with E-state index in [0.717, 1.165) is 27.5 Å². The molecule has 0 saturated carbocycles. The molecule has 2 atom stereocenters. The standard InChI is InChI=1S/C27H22BrF3N4S/c1-16-15-20(17(2)34(16)23-9-4-3-7-21(23)27(29,30)31)25-24(22-8-5-6-14-32-22)33-26(36)35(25)19-12-10-18(28)11-13-19/h3-15,24-25H,1-2H3,(H,33,36)/t24-,25-/m1/s1. The van der Waals surface area contributed by atoms with Crippen LogP contribution in [-0.2, 0) is 6.18 Å². The Morgan fingerprint density at radius 1 is 0.972 bits per heavy atom. The van der Waals surface area contributed by atoms with Gasteiger partial charge >= 0.3 is 6.18 Å². The summed E-state index contributed by atoms with van der Waals surface area (Å²) in [5, 5.41) is 3.93. The highest BCUT2D eigenvalue weighted by atomic mass is 79.9. The lowest BCUT2D eigenvalue weighted by atomic mass is 9.96. The van der Waals surface area contributed by atoms with Gasteiger partial charge in [-0.1, -0.05) is 34.1 Å². The van der Waals surface area contributed by atoms with Gasteiger partial charge in [0.15, 0.2) is 5.11 Å². The minimum Gasteiger partial charge on any atom is -0.351 e. The first-order valence-corrected chi connectivity index (χ1v) is 12.5. The Bertz CT molecular complexity index is 1420. The van der Waals surface area contributed by atoms with Gasteiger partial charge in [0, 0.05) is 27.7 Å². The summed E-state index contributed by atoms with van der Waals surface area (Å²) in [5.74, 6) is 0. The zero-order valence-electron chi connectivity index (χ0n) is 19.4. The van der Waals surface area contributed by atoms with E-state index in [2.05, 4.69) is 26.2 Å². The summed E-state index contributed by atoms with van der Waals surface area (Å²) >= 11 is 9.25. The maximum atomic E-state index is 13.9. The Morgan fingerprint density at radius 2 is 1.67 bits per heavy atom. The molecule has 0 radical (unpaired) electrons. The van der Waals surface area contributed by atoms with Gasteiger partial charge < -0.3 is 14.8 Å². The van der Waals surface area contributed by atoms with Crippen LogP contribution in [0.25, 0.3) is 5.69 Å². The van der Waals surface area contributed by atoms with Crippen LogP contribution in [0.15, 0.2) is 83.5 Å². The zero-order valence-corrected chi connectivity index (χ0v) is 21.8. The molecule has 0 spiro atoms. The topological polar surface area (TPSA) is 33.1 Å². The highest BCUT2D eigenvalue weighted by Gasteiger charge is 2.43. The number of thiocarbonyl (C=S) groups is 1. The molecule has 36 heavy (non-hydrogen) atoms. The maximum Gasteiger partial charge on any atom is 0.418 e. The fraction of sp³-hybridized carbons (Fsp3) is 0.185. The number of hydrogen-bond acceptors (Lipinski definition) is 2. The molecule has 5 rings (SSSR count). The molecule has 9 heteroatoms. The first-order valence-electron chi connectivity index (χ1n) is 11.3. The second kappa shape index (κ2) is 9.37. The number of halogens is 4. The van der Waals surface area contributed by atoms with E-state index in [1.54, 1.807) is 16.8 Å². The normalized spacial score (nSPS) is 17.9. The predicted octanol–water partition coefficient (Wildman–Crippen LogP) is 7.45. The van der Waals surface area contributed by atoms with Gasteiger partial charge in [-0.15, -0.1) is 0 Å². The summed E-state index contributed by atoms with van der Waals surface area (Å²) in [6, 6.07) is 20.5. The van der Waals surface area contributed by atoms with E-state index in [-0.39, 0.29) is 17.8 Å². The van der Waals surface area contributed by atoms with Crippen LogP contribution in [0.1, 0.15) is 40.3 Å². The predicted molar refractivity (Wildman–Crippen MR) is 142 cm³/mol. The molecule has 4 nitrogen and oxygen atoms in total.